The zero-order valence-electron chi connectivity index (χ0n) is 8.80. The molecule has 0 bridgehead atoms. The van der Waals surface area contributed by atoms with Crippen molar-refractivity contribution in [3.8, 4) is 0 Å². The smallest absolute Gasteiger partial charge is 0.156 e. The van der Waals surface area contributed by atoms with Crippen LogP contribution in [0.2, 0.25) is 5.02 Å². The number of ketones is 1. The largest absolute Gasteiger partial charge is 0.319 e. The van der Waals surface area contributed by atoms with Gasteiger partial charge in [-0.3, -0.25) is 4.79 Å². The molecule has 1 saturated carbocycles. The molecule has 0 heterocycles. The fraction of sp³-hybridized carbons (Fsp3) is 0.417. The lowest BCUT2D eigenvalue weighted by molar-refractivity contribution is -0.126. The zero-order chi connectivity index (χ0) is 11.8. The predicted molar refractivity (Wildman–Crippen MR) is 60.9 cm³/mol. The summed E-state index contributed by atoms with van der Waals surface area (Å²) in [7, 11) is 0. The molecular weight excluding hydrogens is 229 g/mol. The summed E-state index contributed by atoms with van der Waals surface area (Å²) < 4.78 is 13.1. The highest BCUT2D eigenvalue weighted by atomic mass is 35.5. The first-order valence-corrected chi connectivity index (χ1v) is 5.65. The molecule has 1 aliphatic rings. The monoisotopic (exact) mass is 241 g/mol. The van der Waals surface area contributed by atoms with Gasteiger partial charge in [0.1, 0.15) is 5.82 Å². The Morgan fingerprint density at radius 2 is 2.19 bits per heavy atom. The lowest BCUT2D eigenvalue weighted by Gasteiger charge is -2.36. The van der Waals surface area contributed by atoms with Gasteiger partial charge in [0.25, 0.3) is 0 Å². The van der Waals surface area contributed by atoms with Crippen LogP contribution >= 0.6 is 11.6 Å². The van der Waals surface area contributed by atoms with Crippen molar-refractivity contribution in [3.05, 3.63) is 34.6 Å². The van der Waals surface area contributed by atoms with Crippen LogP contribution in [-0.2, 0) is 11.2 Å². The van der Waals surface area contributed by atoms with E-state index in [1.54, 1.807) is 6.07 Å². The Kier molecular flexibility index (Phi) is 3.00. The van der Waals surface area contributed by atoms with Gasteiger partial charge in [-0.2, -0.15) is 0 Å². The Morgan fingerprint density at radius 3 is 2.69 bits per heavy atom. The molecule has 0 amide bonds. The second kappa shape index (κ2) is 4.15. The Bertz CT molecular complexity index is 429. The molecule has 0 spiro atoms. The van der Waals surface area contributed by atoms with E-state index in [4.69, 9.17) is 17.3 Å². The summed E-state index contributed by atoms with van der Waals surface area (Å²) in [6.45, 7) is 0. The van der Waals surface area contributed by atoms with Crippen LogP contribution in [0.25, 0.3) is 0 Å². The van der Waals surface area contributed by atoms with E-state index in [1.165, 1.54) is 12.1 Å². The highest BCUT2D eigenvalue weighted by Gasteiger charge is 2.39. The molecule has 0 unspecified atom stereocenters. The van der Waals surface area contributed by atoms with Crippen molar-refractivity contribution >= 4 is 17.4 Å². The van der Waals surface area contributed by atoms with Gasteiger partial charge in [0.05, 0.1) is 10.6 Å². The molecule has 0 aromatic heterocycles. The quantitative estimate of drug-likeness (QED) is 0.884. The Hall–Kier alpha value is -0.930. The topological polar surface area (TPSA) is 43.1 Å². The number of carbonyl (C=O) groups excluding carboxylic acids is 1. The Labute approximate surface area is 98.6 Å². The predicted octanol–water partition coefficient (Wildman–Crippen LogP) is 2.47. The number of halogens is 2. The minimum absolute atomic E-state index is 0.0135. The molecule has 4 heteroatoms. The van der Waals surface area contributed by atoms with Crippen LogP contribution < -0.4 is 5.73 Å². The number of benzene rings is 1. The molecule has 0 saturated heterocycles. The minimum atomic E-state index is -0.671. The van der Waals surface area contributed by atoms with Gasteiger partial charge in [-0.05, 0) is 37.0 Å². The molecule has 16 heavy (non-hydrogen) atoms. The van der Waals surface area contributed by atoms with Crippen molar-refractivity contribution < 1.29 is 9.18 Å². The summed E-state index contributed by atoms with van der Waals surface area (Å²) in [6.07, 6.45) is 2.66. The fourth-order valence-corrected chi connectivity index (χ4v) is 1.97. The van der Waals surface area contributed by atoms with Crippen molar-refractivity contribution in [2.45, 2.75) is 31.2 Å². The number of carbonyl (C=O) groups is 1. The second-order valence-electron chi connectivity index (χ2n) is 4.36. The first-order valence-electron chi connectivity index (χ1n) is 5.27. The normalized spacial score (nSPS) is 17.9. The van der Waals surface area contributed by atoms with Crippen LogP contribution in [0, 0.1) is 5.82 Å². The fourth-order valence-electron chi connectivity index (χ4n) is 1.85. The molecular formula is C12H13ClFNO. The summed E-state index contributed by atoms with van der Waals surface area (Å²) in [5.41, 5.74) is 5.85. The van der Waals surface area contributed by atoms with E-state index in [-0.39, 0.29) is 17.2 Å². The van der Waals surface area contributed by atoms with Crippen LogP contribution in [-0.4, -0.2) is 11.3 Å². The van der Waals surface area contributed by atoms with Crippen molar-refractivity contribution in [3.63, 3.8) is 0 Å². The lowest BCUT2D eigenvalue weighted by Crippen LogP contribution is -2.54. The summed E-state index contributed by atoms with van der Waals surface area (Å²) in [5, 5.41) is 0.0716. The van der Waals surface area contributed by atoms with Crippen molar-refractivity contribution in [1.82, 2.24) is 0 Å². The first-order chi connectivity index (χ1) is 7.51. The Balaban J connectivity index is 2.09. The maximum Gasteiger partial charge on any atom is 0.156 e. The molecule has 0 aliphatic heterocycles. The summed E-state index contributed by atoms with van der Waals surface area (Å²) in [6, 6.07) is 4.41. The van der Waals surface area contributed by atoms with Crippen molar-refractivity contribution in [2.24, 2.45) is 5.73 Å². The maximum atomic E-state index is 13.1. The molecule has 1 aromatic carbocycles. The average molecular weight is 242 g/mol. The molecule has 1 fully saturated rings. The summed E-state index contributed by atoms with van der Waals surface area (Å²) >= 11 is 5.56. The van der Waals surface area contributed by atoms with Crippen LogP contribution in [0.4, 0.5) is 4.39 Å². The summed E-state index contributed by atoms with van der Waals surface area (Å²) in [4.78, 5) is 11.8. The molecule has 1 aliphatic carbocycles. The third-order valence-corrected chi connectivity index (χ3v) is 3.46. The minimum Gasteiger partial charge on any atom is -0.319 e. The second-order valence-corrected chi connectivity index (χ2v) is 4.77. The van der Waals surface area contributed by atoms with E-state index in [9.17, 15) is 9.18 Å². The van der Waals surface area contributed by atoms with Gasteiger partial charge in [0, 0.05) is 6.42 Å². The molecule has 1 aromatic rings. The van der Waals surface area contributed by atoms with E-state index in [0.717, 1.165) is 19.3 Å². The van der Waals surface area contributed by atoms with Gasteiger partial charge in [-0.25, -0.2) is 4.39 Å². The molecule has 2 nitrogen and oxygen atoms in total. The van der Waals surface area contributed by atoms with Gasteiger partial charge in [-0.15, -0.1) is 0 Å². The lowest BCUT2D eigenvalue weighted by atomic mass is 9.73. The average Bonchev–Trinajstić information content (AvgIpc) is 2.20. The van der Waals surface area contributed by atoms with E-state index in [2.05, 4.69) is 0 Å². The van der Waals surface area contributed by atoms with E-state index < -0.39 is 11.4 Å². The van der Waals surface area contributed by atoms with Crippen molar-refractivity contribution in [1.29, 1.82) is 0 Å². The number of rotatable bonds is 3. The van der Waals surface area contributed by atoms with Crippen LogP contribution in [0.15, 0.2) is 18.2 Å². The standard InChI is InChI=1S/C12H13ClFNO/c13-9-3-2-8(6-10(9)14)7-11(16)12(15)4-1-5-12/h2-3,6H,1,4-5,7,15H2. The van der Waals surface area contributed by atoms with Gasteiger partial charge in [0.2, 0.25) is 0 Å². The number of hydrogen-bond acceptors (Lipinski definition) is 2. The molecule has 0 atom stereocenters. The third-order valence-electron chi connectivity index (χ3n) is 3.15. The maximum absolute atomic E-state index is 13.1. The highest BCUT2D eigenvalue weighted by molar-refractivity contribution is 6.30. The van der Waals surface area contributed by atoms with Gasteiger partial charge >= 0.3 is 0 Å². The molecule has 2 rings (SSSR count). The van der Waals surface area contributed by atoms with Gasteiger partial charge in [0.15, 0.2) is 5.78 Å². The van der Waals surface area contributed by atoms with Gasteiger partial charge in [-0.1, -0.05) is 17.7 Å². The number of Topliss-reactive ketones (excluding diaryl/α,β-unsaturated/α-hetero) is 1. The number of hydrogen-bond donors (Lipinski definition) is 1. The van der Waals surface area contributed by atoms with Crippen LogP contribution in [0.1, 0.15) is 24.8 Å². The molecule has 0 radical (unpaired) electrons. The van der Waals surface area contributed by atoms with Crippen LogP contribution in [0.3, 0.4) is 0 Å². The van der Waals surface area contributed by atoms with Crippen molar-refractivity contribution in [2.75, 3.05) is 0 Å². The molecule has 2 N–H and O–H groups in total. The zero-order valence-corrected chi connectivity index (χ0v) is 9.56. The third kappa shape index (κ3) is 2.11. The Morgan fingerprint density at radius 1 is 1.50 bits per heavy atom. The SMILES string of the molecule is NC1(C(=O)Cc2ccc(Cl)c(F)c2)CCC1. The van der Waals surface area contributed by atoms with Gasteiger partial charge < -0.3 is 5.73 Å². The molecule has 86 valence electrons. The van der Waals surface area contributed by atoms with Crippen LogP contribution in [0.5, 0.6) is 0 Å². The first kappa shape index (κ1) is 11.6. The van der Waals surface area contributed by atoms with E-state index in [1.807, 2.05) is 0 Å². The number of nitrogens with two attached hydrogens (primary N) is 1. The summed E-state index contributed by atoms with van der Waals surface area (Å²) in [5.74, 6) is -0.507. The highest BCUT2D eigenvalue weighted by Crippen LogP contribution is 2.31. The van der Waals surface area contributed by atoms with E-state index in [0.29, 0.717) is 5.56 Å². The van der Waals surface area contributed by atoms with E-state index >= 15 is 0 Å².